The van der Waals surface area contributed by atoms with Crippen LogP contribution >= 0.6 is 11.6 Å². The molecule has 1 fully saturated rings. The van der Waals surface area contributed by atoms with Crippen molar-refractivity contribution in [2.45, 2.75) is 31.2 Å². The van der Waals surface area contributed by atoms with Gasteiger partial charge in [-0.15, -0.1) is 0 Å². The molecule has 2 N–H and O–H groups in total. The standard InChI is InChI=1S/C14H19ClN2O/c1-16-9-3-6-13(18)17-14(7-8-14)11-4-2-5-12(15)10-11/h2,4-5,10,16H,3,6-9H2,1H3,(H,17,18). The SMILES string of the molecule is CNCCCC(=O)NC1(c2cccc(Cl)c2)CC1. The summed E-state index contributed by atoms with van der Waals surface area (Å²) in [6, 6.07) is 7.77. The van der Waals surface area contributed by atoms with E-state index < -0.39 is 0 Å². The largest absolute Gasteiger partial charge is 0.347 e. The zero-order valence-corrected chi connectivity index (χ0v) is 11.4. The number of halogens is 1. The molecule has 0 atom stereocenters. The van der Waals surface area contributed by atoms with Gasteiger partial charge in [0.1, 0.15) is 0 Å². The van der Waals surface area contributed by atoms with Crippen LogP contribution in [0.1, 0.15) is 31.2 Å². The van der Waals surface area contributed by atoms with Gasteiger partial charge in [0.05, 0.1) is 5.54 Å². The second-order valence-electron chi connectivity index (χ2n) is 4.85. The van der Waals surface area contributed by atoms with Crippen LogP contribution in [0.15, 0.2) is 24.3 Å². The van der Waals surface area contributed by atoms with Gasteiger partial charge in [-0.25, -0.2) is 0 Å². The first-order chi connectivity index (χ1) is 8.66. The highest BCUT2D eigenvalue weighted by Gasteiger charge is 2.45. The fraction of sp³-hybridized carbons (Fsp3) is 0.500. The van der Waals surface area contributed by atoms with E-state index in [1.54, 1.807) is 0 Å². The van der Waals surface area contributed by atoms with Crippen LogP contribution in [0.5, 0.6) is 0 Å². The summed E-state index contributed by atoms with van der Waals surface area (Å²) in [5.41, 5.74) is 0.971. The summed E-state index contributed by atoms with van der Waals surface area (Å²) in [5.74, 6) is 0.128. The van der Waals surface area contributed by atoms with Crippen molar-refractivity contribution in [2.75, 3.05) is 13.6 Å². The van der Waals surface area contributed by atoms with E-state index in [-0.39, 0.29) is 11.4 Å². The fourth-order valence-corrected chi connectivity index (χ4v) is 2.34. The molecule has 0 aliphatic heterocycles. The molecule has 1 aliphatic rings. The lowest BCUT2D eigenvalue weighted by molar-refractivity contribution is -0.122. The minimum atomic E-state index is -0.151. The van der Waals surface area contributed by atoms with Gasteiger partial charge in [-0.3, -0.25) is 4.79 Å². The Hall–Kier alpha value is -1.06. The Labute approximate surface area is 113 Å². The topological polar surface area (TPSA) is 41.1 Å². The van der Waals surface area contributed by atoms with Gasteiger partial charge < -0.3 is 10.6 Å². The Morgan fingerprint density at radius 1 is 1.44 bits per heavy atom. The molecular weight excluding hydrogens is 248 g/mol. The summed E-state index contributed by atoms with van der Waals surface area (Å²) >= 11 is 6.00. The van der Waals surface area contributed by atoms with E-state index in [2.05, 4.69) is 10.6 Å². The quantitative estimate of drug-likeness (QED) is 0.777. The predicted molar refractivity (Wildman–Crippen MR) is 73.7 cm³/mol. The molecule has 0 aromatic heterocycles. The summed E-state index contributed by atoms with van der Waals surface area (Å²) in [6.45, 7) is 0.873. The van der Waals surface area contributed by atoms with Crippen molar-refractivity contribution in [3.63, 3.8) is 0 Å². The molecule has 1 amide bonds. The minimum absolute atomic E-state index is 0.128. The van der Waals surface area contributed by atoms with Crippen molar-refractivity contribution in [3.8, 4) is 0 Å². The van der Waals surface area contributed by atoms with E-state index in [4.69, 9.17) is 11.6 Å². The maximum atomic E-state index is 11.9. The average molecular weight is 267 g/mol. The molecule has 0 radical (unpaired) electrons. The van der Waals surface area contributed by atoms with E-state index in [9.17, 15) is 4.79 Å². The maximum absolute atomic E-state index is 11.9. The van der Waals surface area contributed by atoms with Crippen molar-refractivity contribution in [3.05, 3.63) is 34.9 Å². The molecule has 0 bridgehead atoms. The molecule has 3 nitrogen and oxygen atoms in total. The van der Waals surface area contributed by atoms with E-state index >= 15 is 0 Å². The molecule has 1 saturated carbocycles. The second kappa shape index (κ2) is 5.72. The normalized spacial score (nSPS) is 16.3. The van der Waals surface area contributed by atoms with Gasteiger partial charge in [0.2, 0.25) is 5.91 Å². The number of carbonyl (C=O) groups is 1. The number of hydrogen-bond acceptors (Lipinski definition) is 2. The molecule has 4 heteroatoms. The zero-order chi connectivity index (χ0) is 13.0. The van der Waals surface area contributed by atoms with Crippen LogP contribution in [-0.2, 0) is 10.3 Å². The molecule has 0 spiro atoms. The van der Waals surface area contributed by atoms with Crippen molar-refractivity contribution in [1.82, 2.24) is 10.6 Å². The Bertz CT molecular complexity index is 430. The highest BCUT2D eigenvalue weighted by atomic mass is 35.5. The monoisotopic (exact) mass is 266 g/mol. The summed E-state index contributed by atoms with van der Waals surface area (Å²) in [6.07, 6.45) is 3.45. The lowest BCUT2D eigenvalue weighted by atomic mass is 10.0. The summed E-state index contributed by atoms with van der Waals surface area (Å²) in [4.78, 5) is 11.9. The van der Waals surface area contributed by atoms with Gasteiger partial charge in [-0.05, 0) is 50.6 Å². The Kier molecular flexibility index (Phi) is 4.25. The average Bonchev–Trinajstić information content (AvgIpc) is 3.10. The van der Waals surface area contributed by atoms with E-state index in [1.807, 2.05) is 31.3 Å². The predicted octanol–water partition coefficient (Wildman–Crippen LogP) is 2.44. The zero-order valence-electron chi connectivity index (χ0n) is 10.6. The minimum Gasteiger partial charge on any atom is -0.347 e. The molecule has 0 heterocycles. The third-order valence-corrected chi connectivity index (χ3v) is 3.57. The number of benzene rings is 1. The second-order valence-corrected chi connectivity index (χ2v) is 5.28. The molecular formula is C14H19ClN2O. The van der Waals surface area contributed by atoms with E-state index in [0.29, 0.717) is 6.42 Å². The molecule has 2 rings (SSSR count). The summed E-state index contributed by atoms with van der Waals surface area (Å²) < 4.78 is 0. The smallest absolute Gasteiger partial charge is 0.220 e. The van der Waals surface area contributed by atoms with Crippen molar-refractivity contribution >= 4 is 17.5 Å². The Balaban J connectivity index is 1.94. The van der Waals surface area contributed by atoms with Crippen molar-refractivity contribution in [2.24, 2.45) is 0 Å². The highest BCUT2D eigenvalue weighted by Crippen LogP contribution is 2.46. The van der Waals surface area contributed by atoms with Gasteiger partial charge >= 0.3 is 0 Å². The van der Waals surface area contributed by atoms with Crippen LogP contribution in [0.25, 0.3) is 0 Å². The van der Waals surface area contributed by atoms with Gasteiger partial charge in [0.25, 0.3) is 0 Å². The van der Waals surface area contributed by atoms with Crippen LogP contribution in [0.4, 0.5) is 0 Å². The fourth-order valence-electron chi connectivity index (χ4n) is 2.15. The molecule has 1 aromatic carbocycles. The first kappa shape index (κ1) is 13.4. The Morgan fingerprint density at radius 3 is 2.83 bits per heavy atom. The first-order valence-corrected chi connectivity index (χ1v) is 6.76. The third kappa shape index (κ3) is 3.24. The highest BCUT2D eigenvalue weighted by molar-refractivity contribution is 6.30. The molecule has 98 valence electrons. The van der Waals surface area contributed by atoms with Crippen LogP contribution in [-0.4, -0.2) is 19.5 Å². The third-order valence-electron chi connectivity index (χ3n) is 3.34. The lowest BCUT2D eigenvalue weighted by Crippen LogP contribution is -2.35. The lowest BCUT2D eigenvalue weighted by Gasteiger charge is -2.18. The summed E-state index contributed by atoms with van der Waals surface area (Å²) in [5, 5.41) is 6.91. The first-order valence-electron chi connectivity index (χ1n) is 6.38. The van der Waals surface area contributed by atoms with E-state index in [0.717, 1.165) is 36.4 Å². The van der Waals surface area contributed by atoms with Crippen LogP contribution in [0.2, 0.25) is 5.02 Å². The molecule has 0 saturated heterocycles. The summed E-state index contributed by atoms with van der Waals surface area (Å²) in [7, 11) is 1.90. The van der Waals surface area contributed by atoms with E-state index in [1.165, 1.54) is 0 Å². The molecule has 1 aromatic rings. The maximum Gasteiger partial charge on any atom is 0.220 e. The van der Waals surface area contributed by atoms with Crippen molar-refractivity contribution in [1.29, 1.82) is 0 Å². The number of nitrogens with one attached hydrogen (secondary N) is 2. The number of hydrogen-bond donors (Lipinski definition) is 2. The molecule has 0 unspecified atom stereocenters. The van der Waals surface area contributed by atoms with Gasteiger partial charge in [-0.1, -0.05) is 23.7 Å². The molecule has 1 aliphatic carbocycles. The van der Waals surface area contributed by atoms with Crippen LogP contribution in [0, 0.1) is 0 Å². The van der Waals surface area contributed by atoms with Gasteiger partial charge in [0.15, 0.2) is 0 Å². The molecule has 18 heavy (non-hydrogen) atoms. The van der Waals surface area contributed by atoms with Crippen molar-refractivity contribution < 1.29 is 4.79 Å². The number of carbonyl (C=O) groups excluding carboxylic acids is 1. The van der Waals surface area contributed by atoms with Gasteiger partial charge in [0, 0.05) is 11.4 Å². The van der Waals surface area contributed by atoms with Gasteiger partial charge in [-0.2, -0.15) is 0 Å². The van der Waals surface area contributed by atoms with Crippen LogP contribution in [0.3, 0.4) is 0 Å². The number of amides is 1. The number of rotatable bonds is 6. The van der Waals surface area contributed by atoms with Crippen LogP contribution < -0.4 is 10.6 Å². The Morgan fingerprint density at radius 2 is 2.22 bits per heavy atom.